The molecule has 2 fully saturated rings. The van der Waals surface area contributed by atoms with Crippen molar-refractivity contribution in [2.75, 3.05) is 22.9 Å². The Bertz CT molecular complexity index is 1530. The van der Waals surface area contributed by atoms with E-state index in [2.05, 4.69) is 82.9 Å². The normalized spacial score (nSPS) is 19.8. The highest BCUT2D eigenvalue weighted by Crippen LogP contribution is 2.45. The molecule has 0 bridgehead atoms. The Morgan fingerprint density at radius 2 is 1.65 bits per heavy atom. The summed E-state index contributed by atoms with van der Waals surface area (Å²) in [5.41, 5.74) is 7.54. The van der Waals surface area contributed by atoms with Gasteiger partial charge >= 0.3 is 0 Å². The number of pyridine rings is 1. The Labute approximate surface area is 251 Å². The zero-order valence-corrected chi connectivity index (χ0v) is 25.3. The van der Waals surface area contributed by atoms with Gasteiger partial charge in [-0.1, -0.05) is 36.2 Å². The van der Waals surface area contributed by atoms with Crippen LogP contribution in [0, 0.1) is 19.8 Å². The largest absolute Gasteiger partial charge is 0.370 e. The highest BCUT2D eigenvalue weighted by molar-refractivity contribution is 7.80. The summed E-state index contributed by atoms with van der Waals surface area (Å²) in [6.45, 7) is 8.69. The van der Waals surface area contributed by atoms with Crippen molar-refractivity contribution < 1.29 is 0 Å². The molecule has 0 aliphatic carbocycles. The van der Waals surface area contributed by atoms with Crippen LogP contribution in [-0.4, -0.2) is 27.8 Å². The summed E-state index contributed by atoms with van der Waals surface area (Å²) in [4.78, 5) is 9.33. The molecule has 5 nitrogen and oxygen atoms in total. The fraction of sp³-hybridized carbons (Fsp3) is 0.312. The predicted octanol–water partition coefficient (Wildman–Crippen LogP) is 8.21. The second-order valence-corrected chi connectivity index (χ2v) is 12.2. The lowest BCUT2D eigenvalue weighted by Gasteiger charge is -2.33. The summed E-state index contributed by atoms with van der Waals surface area (Å²) in [7, 11) is 0. The second-order valence-electron chi connectivity index (χ2n) is 10.9. The monoisotopic (exact) mass is 589 g/mol. The maximum absolute atomic E-state index is 6.97. The molecular weight excluding hydrogens is 557 g/mol. The number of rotatable bonds is 5. The summed E-state index contributed by atoms with van der Waals surface area (Å²) < 4.78 is 2.27. The minimum atomic E-state index is -0.130. The van der Waals surface area contributed by atoms with Crippen LogP contribution in [0.5, 0.6) is 0 Å². The van der Waals surface area contributed by atoms with Crippen LogP contribution in [0.2, 0.25) is 10.0 Å². The first-order chi connectivity index (χ1) is 19.3. The van der Waals surface area contributed by atoms with Crippen molar-refractivity contribution in [2.45, 2.75) is 45.7 Å². The molecule has 4 heterocycles. The number of nitrogens with zero attached hydrogens (tertiary/aromatic N) is 4. The molecule has 8 heteroatoms. The van der Waals surface area contributed by atoms with Crippen molar-refractivity contribution in [1.82, 2.24) is 14.9 Å². The van der Waals surface area contributed by atoms with Gasteiger partial charge in [-0.05, 0) is 111 Å². The number of aryl methyl sites for hydroxylation is 1. The molecule has 1 N–H and O–H groups in total. The first kappa shape index (κ1) is 27.1. The minimum Gasteiger partial charge on any atom is -0.370 e. The van der Waals surface area contributed by atoms with Crippen molar-refractivity contribution >= 4 is 51.9 Å². The molecular formula is C32H33Cl2N5S. The molecule has 2 aliphatic heterocycles. The maximum Gasteiger partial charge on any atom is 0.174 e. The predicted molar refractivity (Wildman–Crippen MR) is 170 cm³/mol. The zero-order chi connectivity index (χ0) is 28.0. The number of halogens is 2. The lowest BCUT2D eigenvalue weighted by atomic mass is 9.96. The van der Waals surface area contributed by atoms with Crippen LogP contribution in [0.15, 0.2) is 72.9 Å². The third-order valence-corrected chi connectivity index (χ3v) is 9.17. The molecule has 0 amide bonds. The molecule has 0 radical (unpaired) electrons. The van der Waals surface area contributed by atoms with Crippen molar-refractivity contribution in [2.24, 2.45) is 5.92 Å². The molecule has 2 atom stereocenters. The standard InChI is InChI=1S/C32H33Cl2N5S/c1-20-13-16-37(17-14-20)29-12-11-25(19-27(29)34)39-31(30(36-32(39)40)28-6-4-5-15-35-28)26-18-21(2)38(22(26)3)24-9-7-23(33)8-10-24/h4-12,15,18-20,30-31H,13-14,16-17H2,1-3H3,(H,36,40)/t30-,31-/m0/s1. The summed E-state index contributed by atoms with van der Waals surface area (Å²) in [6, 6.07) is 22.4. The van der Waals surface area contributed by atoms with Crippen molar-refractivity contribution in [3.63, 3.8) is 0 Å². The highest BCUT2D eigenvalue weighted by Gasteiger charge is 2.42. The fourth-order valence-corrected chi connectivity index (χ4v) is 6.94. The number of nitrogens with one attached hydrogen (secondary N) is 1. The van der Waals surface area contributed by atoms with Crippen LogP contribution in [0.25, 0.3) is 5.69 Å². The number of benzene rings is 2. The quantitative estimate of drug-likeness (QED) is 0.237. The first-order valence-electron chi connectivity index (χ1n) is 13.8. The third-order valence-electron chi connectivity index (χ3n) is 8.31. The molecule has 40 heavy (non-hydrogen) atoms. The Kier molecular flexibility index (Phi) is 7.51. The van der Waals surface area contributed by atoms with E-state index < -0.39 is 0 Å². The molecule has 2 aromatic carbocycles. The number of hydrogen-bond donors (Lipinski definition) is 1. The van der Waals surface area contributed by atoms with Gasteiger partial charge in [0.15, 0.2) is 5.11 Å². The minimum absolute atomic E-state index is 0.118. The smallest absolute Gasteiger partial charge is 0.174 e. The van der Waals surface area contributed by atoms with Gasteiger partial charge in [-0.25, -0.2) is 0 Å². The molecule has 2 saturated heterocycles. The van der Waals surface area contributed by atoms with Crippen molar-refractivity contribution in [3.05, 3.63) is 106 Å². The number of thiocarbonyl (C=S) groups is 1. The highest BCUT2D eigenvalue weighted by atomic mass is 35.5. The second kappa shape index (κ2) is 11.1. The van der Waals surface area contributed by atoms with E-state index in [4.69, 9.17) is 40.4 Å². The van der Waals surface area contributed by atoms with Gasteiger partial charge in [0.25, 0.3) is 0 Å². The average molecular weight is 591 g/mol. The van der Waals surface area contributed by atoms with E-state index in [0.29, 0.717) is 5.11 Å². The summed E-state index contributed by atoms with van der Waals surface area (Å²) in [5, 5.41) is 5.72. The Morgan fingerprint density at radius 1 is 0.925 bits per heavy atom. The fourth-order valence-electron chi connectivity index (χ4n) is 6.18. The van der Waals surface area contributed by atoms with E-state index in [1.165, 1.54) is 18.4 Å². The van der Waals surface area contributed by atoms with Gasteiger partial charge in [-0.15, -0.1) is 0 Å². The maximum atomic E-state index is 6.97. The van der Waals surface area contributed by atoms with E-state index in [0.717, 1.165) is 63.2 Å². The molecule has 4 aromatic rings. The van der Waals surface area contributed by atoms with E-state index in [1.807, 2.05) is 30.5 Å². The Balaban J connectivity index is 1.43. The van der Waals surface area contributed by atoms with Gasteiger partial charge < -0.3 is 19.7 Å². The van der Waals surface area contributed by atoms with Crippen LogP contribution in [0.4, 0.5) is 11.4 Å². The van der Waals surface area contributed by atoms with Gasteiger partial charge in [0.1, 0.15) is 0 Å². The summed E-state index contributed by atoms with van der Waals surface area (Å²) >= 11 is 19.2. The van der Waals surface area contributed by atoms with E-state index >= 15 is 0 Å². The summed E-state index contributed by atoms with van der Waals surface area (Å²) in [5.74, 6) is 0.763. The van der Waals surface area contributed by atoms with Crippen molar-refractivity contribution in [1.29, 1.82) is 0 Å². The SMILES string of the molecule is Cc1cc([C@H]2[C@H](c3ccccn3)NC(=S)N2c2ccc(N3CCC(C)CC3)c(Cl)c2)c(C)n1-c1ccc(Cl)cc1. The van der Waals surface area contributed by atoms with Crippen LogP contribution in [0.3, 0.4) is 0 Å². The van der Waals surface area contributed by atoms with Crippen LogP contribution < -0.4 is 15.1 Å². The third kappa shape index (κ3) is 4.98. The molecule has 0 saturated carbocycles. The lowest BCUT2D eigenvalue weighted by molar-refractivity contribution is 0.438. The first-order valence-corrected chi connectivity index (χ1v) is 15.0. The van der Waals surface area contributed by atoms with Gasteiger partial charge in [-0.3, -0.25) is 4.98 Å². The zero-order valence-electron chi connectivity index (χ0n) is 22.9. The van der Waals surface area contributed by atoms with Crippen LogP contribution >= 0.6 is 35.4 Å². The van der Waals surface area contributed by atoms with Gasteiger partial charge in [-0.2, -0.15) is 0 Å². The topological polar surface area (TPSA) is 36.3 Å². The number of piperidine rings is 1. The van der Waals surface area contributed by atoms with Crippen LogP contribution in [0.1, 0.15) is 54.5 Å². The van der Waals surface area contributed by atoms with Crippen molar-refractivity contribution in [3.8, 4) is 5.69 Å². The summed E-state index contributed by atoms with van der Waals surface area (Å²) in [6.07, 6.45) is 4.21. The molecule has 0 spiro atoms. The number of anilines is 2. The van der Waals surface area contributed by atoms with E-state index in [9.17, 15) is 0 Å². The molecule has 206 valence electrons. The van der Waals surface area contributed by atoms with E-state index in [1.54, 1.807) is 0 Å². The molecule has 2 aliphatic rings. The number of hydrogen-bond acceptors (Lipinski definition) is 3. The van der Waals surface area contributed by atoms with E-state index in [-0.39, 0.29) is 12.1 Å². The lowest BCUT2D eigenvalue weighted by Crippen LogP contribution is -2.33. The average Bonchev–Trinajstić information content (AvgIpc) is 3.45. The molecule has 2 aromatic heterocycles. The van der Waals surface area contributed by atoms with Gasteiger partial charge in [0, 0.05) is 47.1 Å². The molecule has 6 rings (SSSR count). The number of aromatic nitrogens is 2. The van der Waals surface area contributed by atoms with Gasteiger partial charge in [0.05, 0.1) is 28.5 Å². The molecule has 0 unspecified atom stereocenters. The Morgan fingerprint density at radius 3 is 2.33 bits per heavy atom. The van der Waals surface area contributed by atoms with Gasteiger partial charge in [0.2, 0.25) is 0 Å². The Hall–Kier alpha value is -3.06. The van der Waals surface area contributed by atoms with Crippen LogP contribution in [-0.2, 0) is 0 Å².